The maximum absolute atomic E-state index is 15.5. The van der Waals surface area contributed by atoms with Crippen LogP contribution in [0.15, 0.2) is 47.8 Å². The highest BCUT2D eigenvalue weighted by Gasteiger charge is 2.55. The second-order valence-electron chi connectivity index (χ2n) is 36.7. The van der Waals surface area contributed by atoms with Crippen LogP contribution in [0.25, 0.3) is 0 Å². The summed E-state index contributed by atoms with van der Waals surface area (Å²) in [5.41, 5.74) is 12.0. The normalized spacial score (nSPS) is 25.2. The van der Waals surface area contributed by atoms with Crippen molar-refractivity contribution in [3.8, 4) is 0 Å². The third-order valence-corrected chi connectivity index (χ3v) is 24.7. The number of aromatic amines is 1. The number of ether oxygens (including phenoxy) is 6. The van der Waals surface area contributed by atoms with Crippen molar-refractivity contribution >= 4 is 118 Å². The Hall–Kier alpha value is -12.6. The number of aliphatic imine (C=N–C) groups is 1. The molecule has 0 spiro atoms. The standard InChI is InChI=1S/C90H138N20O37/c1-39(2)64(106-61(120)33-95-76(131)52(30-48-32-93-38-96-48)103-77(132)49(24-25-62(121)122)101-78(133)51(29-47-18-11-10-12-19-47)100-60(119)23-13-17-40(3)114)82(137)107-65(43(6)116)83(138)105-54(34-111)80(135)97-41(4)85(140)110-28-16-22-56(110)81(136)104-53(31-63(123)124)79(134)108-66(84(139)102-50(20-14-26-94-90(91)92)86(141)109-27-15-21-55(109)42(5)115)44(7)143-88-68(99-46(9)118)75(147-89-74(130)73(129)70(126)58(36-113)145-89)71(127)59(146-88)37-142-87-67(98-45(8)117)72(128)69(125)57(35-112)144-87/h10-12,18-19,32,38-39,41,43-44,49-59,64-75,87-89,111-113,116,125-130H,13-17,20-31,33-37H2,1-9H3,(H,93,96)(H,95,131)(H,97,135)(H,98,117)(H,99,118)(H,100,119)(H,101,133)(H,102,139)(H,103,132)(H,104,136)(H,105,138)(H,106,120)(H,107,137)(H,108,134)(H,121,122)(H,123,124)(H4,91,92,94)/t41?,43?,44?,49?,50?,51?,52?,53?,54?,55?,56?,57-,58-,59-,64?,65?,66?,67?,68?,69+,70-,71-,72?,73?,74?,75?,87+,88-,89-/m0/s1. The van der Waals surface area contributed by atoms with Crippen molar-refractivity contribution in [2.45, 2.75) is 329 Å². The number of nitrogens with two attached hydrogens (primary N) is 2. The summed E-state index contributed by atoms with van der Waals surface area (Å²) in [7, 11) is 0. The zero-order valence-corrected chi connectivity index (χ0v) is 82.4. The Balaban J connectivity index is 1.08. The Morgan fingerprint density at radius 1 is 0.524 bits per heavy atom. The van der Waals surface area contributed by atoms with Crippen LogP contribution in [0.2, 0.25) is 0 Å². The number of likely N-dealkylation sites (tertiary alicyclic amines) is 2. The number of Topliss-reactive ketones (excluding diaryl/α,β-unsaturated/α-hetero) is 2. The number of rotatable bonds is 56. The molecule has 5 saturated heterocycles. The minimum Gasteiger partial charge on any atom is -0.481 e. The predicted octanol–water partition coefficient (Wildman–Crippen LogP) is -12.9. The van der Waals surface area contributed by atoms with E-state index in [2.05, 4.69) is 84.1 Å². The van der Waals surface area contributed by atoms with Gasteiger partial charge in [-0.05, 0) is 97.5 Å². The monoisotopic (exact) mass is 2090 g/mol. The molecule has 57 heteroatoms. The smallest absolute Gasteiger partial charge is 0.305 e. The molecule has 30 N–H and O–H groups in total. The molecule has 5 aliphatic rings. The molecule has 57 nitrogen and oxygen atoms in total. The van der Waals surface area contributed by atoms with E-state index < -0.39 is 341 Å². The van der Waals surface area contributed by atoms with Crippen molar-refractivity contribution in [3.05, 3.63) is 54.1 Å². The molecule has 0 aliphatic carbocycles. The maximum atomic E-state index is 15.5. The second-order valence-corrected chi connectivity index (χ2v) is 36.7. The highest BCUT2D eigenvalue weighted by molar-refractivity contribution is 6.01. The van der Waals surface area contributed by atoms with Gasteiger partial charge in [0, 0.05) is 77.5 Å². The lowest BCUT2D eigenvalue weighted by atomic mass is 9.94. The fourth-order valence-electron chi connectivity index (χ4n) is 16.9. The number of nitrogens with zero attached hydrogens (tertiary/aromatic N) is 4. The highest BCUT2D eigenvalue weighted by atomic mass is 16.7. The van der Waals surface area contributed by atoms with Gasteiger partial charge in [-0.1, -0.05) is 44.2 Å². The van der Waals surface area contributed by atoms with Crippen LogP contribution < -0.4 is 80.6 Å². The van der Waals surface area contributed by atoms with Gasteiger partial charge in [-0.2, -0.15) is 0 Å². The lowest BCUT2D eigenvalue weighted by Gasteiger charge is -2.48. The van der Waals surface area contributed by atoms with Gasteiger partial charge >= 0.3 is 11.9 Å². The first kappa shape index (κ1) is 121. The van der Waals surface area contributed by atoms with E-state index >= 15 is 9.59 Å². The number of aromatic nitrogens is 2. The number of aliphatic carboxylic acids is 2. The number of nitrogens with one attached hydrogen (secondary N) is 14. The van der Waals surface area contributed by atoms with E-state index in [4.69, 9.17) is 39.9 Å². The molecule has 6 heterocycles. The zero-order chi connectivity index (χ0) is 109. The van der Waals surface area contributed by atoms with Gasteiger partial charge in [0.2, 0.25) is 88.6 Å². The van der Waals surface area contributed by atoms with E-state index in [0.29, 0.717) is 12.0 Å². The molecule has 1 aromatic heterocycles. The van der Waals surface area contributed by atoms with Crippen molar-refractivity contribution < 1.29 is 181 Å². The molecule has 1 aromatic carbocycles. The number of carboxylic acid groups (broad SMARTS) is 2. The molecule has 0 radical (unpaired) electrons. The van der Waals surface area contributed by atoms with Gasteiger partial charge in [-0.15, -0.1) is 0 Å². The van der Waals surface area contributed by atoms with E-state index in [-0.39, 0.29) is 101 Å². The number of H-pyrrole nitrogens is 1. The van der Waals surface area contributed by atoms with Gasteiger partial charge in [0.1, 0.15) is 145 Å². The number of hydrogen-bond acceptors (Lipinski definition) is 37. The summed E-state index contributed by atoms with van der Waals surface area (Å²) in [6.45, 7) is 5.15. The van der Waals surface area contributed by atoms with E-state index in [1.54, 1.807) is 30.3 Å². The van der Waals surface area contributed by atoms with Crippen molar-refractivity contribution in [2.24, 2.45) is 22.4 Å². The molecule has 2 aromatic rings. The first-order valence-corrected chi connectivity index (χ1v) is 47.8. The van der Waals surface area contributed by atoms with Crippen LogP contribution in [0.1, 0.15) is 151 Å². The molecule has 7 rings (SSSR count). The molecule has 0 bridgehead atoms. The molecular weight excluding hydrogens is 1950 g/mol. The van der Waals surface area contributed by atoms with Crippen LogP contribution in [0, 0.1) is 5.92 Å². The largest absolute Gasteiger partial charge is 0.481 e. The second kappa shape index (κ2) is 58.2. The number of imidazole rings is 1. The van der Waals surface area contributed by atoms with Crippen LogP contribution in [-0.4, -0.2) is 428 Å². The van der Waals surface area contributed by atoms with E-state index in [0.717, 1.165) is 39.5 Å². The lowest BCUT2D eigenvalue weighted by molar-refractivity contribution is -0.352. The SMILES string of the molecule is CC(=O)CCCC(=O)NC(Cc1ccccc1)C(=O)NC(CCC(=O)O)C(=O)NC(Cc1cnc[nH]1)C(=O)NCC(=O)NC(C(=O)NC(C(=O)NC(CO)C(=O)NC(C)C(=O)N1CCCC1C(=O)NC(CC(=O)O)C(=O)NC(C(=O)NC(CCCN=C(N)N)C(=O)N1CCCC1C(C)=O)C(C)O[C@H]1O[C@@H](CO[C@@H]2O[C@@H](CO)[C@@H](O)C(O)C2NC(C)=O)[C@H](O)C(O[C@@H]2O[C@@H](CO)[C@H](O)C(O)C2O)C1NC(C)=O)C(C)O)C(C)C. The van der Waals surface area contributed by atoms with Gasteiger partial charge in [-0.25, -0.2) is 4.98 Å². The average Bonchev–Trinajstić information content (AvgIpc) is 1.47. The van der Waals surface area contributed by atoms with Crippen molar-refractivity contribution in [3.63, 3.8) is 0 Å². The third-order valence-electron chi connectivity index (χ3n) is 24.7. The number of aliphatic hydroxyl groups is 10. The Morgan fingerprint density at radius 3 is 1.67 bits per heavy atom. The number of amides is 15. The number of carbonyl (C=O) groups excluding carboxylic acids is 17. The highest BCUT2D eigenvalue weighted by Crippen LogP contribution is 2.34. The van der Waals surface area contributed by atoms with E-state index in [1.807, 2.05) is 0 Å². The maximum Gasteiger partial charge on any atom is 0.305 e. The minimum absolute atomic E-state index is 0.00315. The molecular formula is C90H138N20O37. The van der Waals surface area contributed by atoms with Crippen molar-refractivity contribution in [1.29, 1.82) is 0 Å². The van der Waals surface area contributed by atoms with Gasteiger partial charge in [0.15, 0.2) is 30.6 Å². The van der Waals surface area contributed by atoms with Gasteiger partial charge in [-0.3, -0.25) is 91.3 Å². The summed E-state index contributed by atoms with van der Waals surface area (Å²) in [5, 5.41) is 160. The minimum atomic E-state index is -2.30. The molecule has 147 heavy (non-hydrogen) atoms. The lowest BCUT2D eigenvalue weighted by Crippen LogP contribution is -2.69. The molecule has 0 saturated carbocycles. The Kier molecular flexibility index (Phi) is 48.1. The number of guanidine groups is 1. The summed E-state index contributed by atoms with van der Waals surface area (Å²) >= 11 is 0. The zero-order valence-electron chi connectivity index (χ0n) is 82.4. The molecule has 5 aliphatic heterocycles. The molecule has 15 amide bonds. The predicted molar refractivity (Wildman–Crippen MR) is 501 cm³/mol. The summed E-state index contributed by atoms with van der Waals surface area (Å²) in [5.74, 6) is -21.2. The molecule has 820 valence electrons. The van der Waals surface area contributed by atoms with Crippen LogP contribution in [0.3, 0.4) is 0 Å². The third kappa shape index (κ3) is 36.1. The topological polar surface area (TPSA) is 878 Å². The number of hydrogen-bond donors (Lipinski definition) is 28. The van der Waals surface area contributed by atoms with Gasteiger partial charge < -0.3 is 190 Å². The summed E-state index contributed by atoms with van der Waals surface area (Å²) in [4.78, 5) is 274. The Labute approximate surface area is 842 Å². The van der Waals surface area contributed by atoms with Crippen LogP contribution >= 0.6 is 0 Å². The van der Waals surface area contributed by atoms with E-state index in [1.165, 1.54) is 45.1 Å². The fraction of sp³-hybridized carbons (Fsp3) is 0.678. The number of aliphatic hydroxyl groups excluding tert-OH is 10. The van der Waals surface area contributed by atoms with Crippen LogP contribution in [0.5, 0.6) is 0 Å². The number of carbonyl (C=O) groups is 19. The van der Waals surface area contributed by atoms with Crippen LogP contribution in [-0.2, 0) is 132 Å². The fourth-order valence-corrected chi connectivity index (χ4v) is 16.9. The molecule has 20 unspecified atom stereocenters. The first-order chi connectivity index (χ1) is 69.4. The van der Waals surface area contributed by atoms with Crippen molar-refractivity contribution in [2.75, 3.05) is 52.6 Å². The quantitative estimate of drug-likeness (QED) is 0.0166. The number of carboxylic acids is 2. The molecule has 5 fully saturated rings. The van der Waals surface area contributed by atoms with Gasteiger partial charge in [0.05, 0.1) is 64.0 Å². The first-order valence-electron chi connectivity index (χ1n) is 47.8. The van der Waals surface area contributed by atoms with Crippen LogP contribution in [0.4, 0.5) is 0 Å². The number of ketones is 2. The van der Waals surface area contributed by atoms with Crippen molar-refractivity contribution in [1.82, 2.24) is 88.9 Å². The summed E-state index contributed by atoms with van der Waals surface area (Å²) in [6, 6.07) is -15.9. The van der Waals surface area contributed by atoms with E-state index in [9.17, 15) is 143 Å². The summed E-state index contributed by atoms with van der Waals surface area (Å²) in [6.07, 6.45) is -30.0. The molecule has 29 atom stereocenters. The van der Waals surface area contributed by atoms with Gasteiger partial charge in [0.25, 0.3) is 0 Å². The Morgan fingerprint density at radius 2 is 1.08 bits per heavy atom. The Bertz CT molecular complexity index is 4870. The average molecular weight is 2090 g/mol. The summed E-state index contributed by atoms with van der Waals surface area (Å²) < 4.78 is 36.2. The number of benzene rings is 1.